The maximum absolute atomic E-state index is 13.6. The predicted molar refractivity (Wildman–Crippen MR) is 56.7 cm³/mol. The summed E-state index contributed by atoms with van der Waals surface area (Å²) in [7, 11) is 0. The summed E-state index contributed by atoms with van der Waals surface area (Å²) in [6, 6.07) is 3.73. The molecule has 0 saturated heterocycles. The first-order valence-electron chi connectivity index (χ1n) is 5.45. The minimum atomic E-state index is -1.32. The second kappa shape index (κ2) is 4.11. The molecule has 4 heteroatoms. The van der Waals surface area contributed by atoms with E-state index in [1.807, 2.05) is 0 Å². The monoisotopic (exact) mass is 227 g/mol. The number of aliphatic hydroxyl groups is 1. The fourth-order valence-corrected chi connectivity index (χ4v) is 2.40. The maximum atomic E-state index is 13.6. The molecule has 1 aromatic carbocycles. The molecule has 88 valence electrons. The van der Waals surface area contributed by atoms with Gasteiger partial charge in [-0.1, -0.05) is 12.1 Å². The van der Waals surface area contributed by atoms with Crippen LogP contribution in [0.4, 0.5) is 8.78 Å². The van der Waals surface area contributed by atoms with Crippen molar-refractivity contribution in [2.75, 3.05) is 0 Å². The Morgan fingerprint density at radius 1 is 1.38 bits per heavy atom. The van der Waals surface area contributed by atoms with Crippen LogP contribution < -0.4 is 5.73 Å². The van der Waals surface area contributed by atoms with Gasteiger partial charge < -0.3 is 10.8 Å². The Balaban J connectivity index is 2.38. The van der Waals surface area contributed by atoms with Crippen LogP contribution in [-0.2, 0) is 5.60 Å². The van der Waals surface area contributed by atoms with Crippen LogP contribution in [0.15, 0.2) is 18.2 Å². The fraction of sp³-hybridized carbons (Fsp3) is 0.500. The van der Waals surface area contributed by atoms with Crippen LogP contribution in [0.1, 0.15) is 31.2 Å². The molecule has 1 aromatic rings. The minimum absolute atomic E-state index is 0.0302. The number of rotatable bonds is 1. The Kier molecular flexibility index (Phi) is 2.95. The summed E-state index contributed by atoms with van der Waals surface area (Å²) in [6.45, 7) is 0. The van der Waals surface area contributed by atoms with E-state index in [0.29, 0.717) is 6.42 Å². The van der Waals surface area contributed by atoms with Gasteiger partial charge in [-0.05, 0) is 31.7 Å². The van der Waals surface area contributed by atoms with E-state index in [1.165, 1.54) is 12.1 Å². The molecule has 2 unspecified atom stereocenters. The third kappa shape index (κ3) is 1.95. The first-order chi connectivity index (χ1) is 7.53. The summed E-state index contributed by atoms with van der Waals surface area (Å²) in [5.74, 6) is -1.89. The lowest BCUT2D eigenvalue weighted by Crippen LogP contribution is -2.39. The van der Waals surface area contributed by atoms with Gasteiger partial charge in [0.1, 0.15) is 0 Å². The molecule has 0 aliphatic heterocycles. The number of halogens is 2. The average molecular weight is 227 g/mol. The fourth-order valence-electron chi connectivity index (χ4n) is 2.40. The lowest BCUT2D eigenvalue weighted by atomic mass is 9.77. The van der Waals surface area contributed by atoms with Gasteiger partial charge >= 0.3 is 0 Å². The molecular weight excluding hydrogens is 212 g/mol. The highest BCUT2D eigenvalue weighted by molar-refractivity contribution is 5.26. The molecule has 1 saturated carbocycles. The first kappa shape index (κ1) is 11.5. The normalized spacial score (nSPS) is 30.4. The summed E-state index contributed by atoms with van der Waals surface area (Å²) in [5.41, 5.74) is 4.47. The van der Waals surface area contributed by atoms with Gasteiger partial charge in [-0.2, -0.15) is 0 Å². The standard InChI is InChI=1S/C12H15F2NO/c13-10-5-1-4-9(11(10)14)12(16)6-2-3-8(15)7-12/h1,4-5,8,16H,2-3,6-7,15H2. The Hall–Kier alpha value is -1.00. The smallest absolute Gasteiger partial charge is 0.164 e. The van der Waals surface area contributed by atoms with Crippen molar-refractivity contribution in [2.24, 2.45) is 5.73 Å². The van der Waals surface area contributed by atoms with E-state index < -0.39 is 17.2 Å². The summed E-state index contributed by atoms with van der Waals surface area (Å²) in [6.07, 6.45) is 2.27. The minimum Gasteiger partial charge on any atom is -0.385 e. The molecule has 1 fully saturated rings. The van der Waals surface area contributed by atoms with Gasteiger partial charge in [0.25, 0.3) is 0 Å². The second-order valence-corrected chi connectivity index (χ2v) is 4.49. The average Bonchev–Trinajstić information content (AvgIpc) is 2.21. The molecule has 0 bridgehead atoms. The Morgan fingerprint density at radius 2 is 2.12 bits per heavy atom. The molecule has 0 aromatic heterocycles. The largest absolute Gasteiger partial charge is 0.385 e. The van der Waals surface area contributed by atoms with Crippen LogP contribution in [0.5, 0.6) is 0 Å². The van der Waals surface area contributed by atoms with Crippen LogP contribution in [0, 0.1) is 11.6 Å². The van der Waals surface area contributed by atoms with Crippen LogP contribution in [-0.4, -0.2) is 11.1 Å². The summed E-state index contributed by atoms with van der Waals surface area (Å²) >= 11 is 0. The lowest BCUT2D eigenvalue weighted by Gasteiger charge is -2.35. The molecule has 16 heavy (non-hydrogen) atoms. The first-order valence-corrected chi connectivity index (χ1v) is 5.45. The molecule has 0 spiro atoms. The Bertz CT molecular complexity index is 397. The Labute approximate surface area is 93.1 Å². The molecule has 0 radical (unpaired) electrons. The van der Waals surface area contributed by atoms with Crippen LogP contribution in [0.3, 0.4) is 0 Å². The van der Waals surface area contributed by atoms with E-state index in [1.54, 1.807) is 0 Å². The van der Waals surface area contributed by atoms with E-state index in [9.17, 15) is 13.9 Å². The zero-order valence-electron chi connectivity index (χ0n) is 8.92. The molecular formula is C12H15F2NO. The Morgan fingerprint density at radius 3 is 2.81 bits per heavy atom. The SMILES string of the molecule is NC1CCCC(O)(c2cccc(F)c2F)C1. The molecule has 2 rings (SSSR count). The third-order valence-electron chi connectivity index (χ3n) is 3.22. The van der Waals surface area contributed by atoms with Gasteiger partial charge in [-0.25, -0.2) is 8.78 Å². The highest BCUT2D eigenvalue weighted by Gasteiger charge is 2.37. The molecule has 2 nitrogen and oxygen atoms in total. The number of hydrogen-bond acceptors (Lipinski definition) is 2. The van der Waals surface area contributed by atoms with Crippen molar-refractivity contribution in [2.45, 2.75) is 37.3 Å². The topological polar surface area (TPSA) is 46.2 Å². The number of hydrogen-bond donors (Lipinski definition) is 2. The van der Waals surface area contributed by atoms with Crippen molar-refractivity contribution in [1.82, 2.24) is 0 Å². The van der Waals surface area contributed by atoms with E-state index in [4.69, 9.17) is 5.73 Å². The van der Waals surface area contributed by atoms with Gasteiger partial charge in [0.05, 0.1) is 5.60 Å². The molecule has 0 heterocycles. The van der Waals surface area contributed by atoms with E-state index in [2.05, 4.69) is 0 Å². The number of benzene rings is 1. The molecule has 1 aliphatic rings. The van der Waals surface area contributed by atoms with Crippen LogP contribution in [0.25, 0.3) is 0 Å². The number of nitrogens with two attached hydrogens (primary N) is 1. The molecule has 0 amide bonds. The van der Waals surface area contributed by atoms with Gasteiger partial charge in [0.15, 0.2) is 11.6 Å². The van der Waals surface area contributed by atoms with E-state index >= 15 is 0 Å². The van der Waals surface area contributed by atoms with Gasteiger partial charge in [0.2, 0.25) is 0 Å². The van der Waals surface area contributed by atoms with Crippen molar-refractivity contribution < 1.29 is 13.9 Å². The lowest BCUT2D eigenvalue weighted by molar-refractivity contribution is -0.0107. The van der Waals surface area contributed by atoms with Gasteiger partial charge in [-0.3, -0.25) is 0 Å². The summed E-state index contributed by atoms with van der Waals surface area (Å²) in [5, 5.41) is 10.3. The van der Waals surface area contributed by atoms with E-state index in [0.717, 1.165) is 18.9 Å². The third-order valence-corrected chi connectivity index (χ3v) is 3.22. The highest BCUT2D eigenvalue weighted by Crippen LogP contribution is 2.38. The van der Waals surface area contributed by atoms with Gasteiger partial charge in [0, 0.05) is 11.6 Å². The zero-order valence-corrected chi connectivity index (χ0v) is 8.92. The highest BCUT2D eigenvalue weighted by atomic mass is 19.2. The van der Waals surface area contributed by atoms with Crippen molar-refractivity contribution in [3.05, 3.63) is 35.4 Å². The molecule has 2 atom stereocenters. The zero-order chi connectivity index (χ0) is 11.8. The van der Waals surface area contributed by atoms with Crippen LogP contribution >= 0.6 is 0 Å². The summed E-state index contributed by atoms with van der Waals surface area (Å²) in [4.78, 5) is 0. The van der Waals surface area contributed by atoms with Crippen molar-refractivity contribution in [3.8, 4) is 0 Å². The molecule has 3 N–H and O–H groups in total. The second-order valence-electron chi connectivity index (χ2n) is 4.49. The quantitative estimate of drug-likeness (QED) is 0.771. The maximum Gasteiger partial charge on any atom is 0.164 e. The van der Waals surface area contributed by atoms with Crippen molar-refractivity contribution >= 4 is 0 Å². The van der Waals surface area contributed by atoms with Crippen LogP contribution in [0.2, 0.25) is 0 Å². The van der Waals surface area contributed by atoms with Gasteiger partial charge in [-0.15, -0.1) is 0 Å². The van der Waals surface area contributed by atoms with Crippen molar-refractivity contribution in [3.63, 3.8) is 0 Å². The van der Waals surface area contributed by atoms with Crippen molar-refractivity contribution in [1.29, 1.82) is 0 Å². The molecule has 1 aliphatic carbocycles. The predicted octanol–water partition coefficient (Wildman–Crippen LogP) is 2.05. The van der Waals surface area contributed by atoms with E-state index in [-0.39, 0.29) is 18.0 Å². The summed E-state index contributed by atoms with van der Waals surface area (Å²) < 4.78 is 26.7.